The molecule has 9 aliphatic carbocycles. The van der Waals surface area contributed by atoms with Crippen LogP contribution in [-0.4, -0.2) is 60.9 Å². The van der Waals surface area contributed by atoms with Gasteiger partial charge in [0, 0.05) is 149 Å². The van der Waals surface area contributed by atoms with Crippen LogP contribution in [0.2, 0.25) is 0 Å². The van der Waals surface area contributed by atoms with E-state index >= 15 is 8.78 Å². The number of fused-ring (bicyclic) bond motifs is 10. The third kappa shape index (κ3) is 11.7. The maximum atomic E-state index is 15.1. The van der Waals surface area contributed by atoms with Crippen molar-refractivity contribution in [1.29, 1.82) is 0 Å². The fourth-order valence-electron chi connectivity index (χ4n) is 18.8. The molecule has 0 amide bonds. The largest absolute Gasteiger partial charge is 0.523 e. The van der Waals surface area contributed by atoms with Gasteiger partial charge in [0.25, 0.3) is 0 Å². The number of hydrogen-bond donors (Lipinski definition) is 1. The number of aliphatic hydroxyl groups excluding tert-OH is 1. The Bertz CT molecular complexity index is 5100. The lowest BCUT2D eigenvalue weighted by Gasteiger charge is -2.48. The number of Topliss-reactive ketones (excluding diaryl/α,β-unsaturated/α-hetero) is 1. The van der Waals surface area contributed by atoms with Gasteiger partial charge < -0.3 is 9.63 Å². The minimum absolute atomic E-state index is 0.0201. The number of halogens is 3. The van der Waals surface area contributed by atoms with E-state index in [1.165, 1.54) is 56.7 Å². The molecule has 10 aromatic rings. The Morgan fingerprint density at radius 2 is 0.854 bits per heavy atom. The van der Waals surface area contributed by atoms with Crippen LogP contribution in [0.4, 0.5) is 13.2 Å². The fourth-order valence-corrected chi connectivity index (χ4v) is 18.8. The molecular formula is C86H82F3N11O3. The zero-order valence-corrected chi connectivity index (χ0v) is 59.0. The number of ketones is 1. The second-order valence-electron chi connectivity index (χ2n) is 31.4. The molecule has 17 heteroatoms. The van der Waals surface area contributed by atoms with Crippen LogP contribution in [0.15, 0.2) is 150 Å². The first-order valence-corrected chi connectivity index (χ1v) is 37.0. The van der Waals surface area contributed by atoms with Gasteiger partial charge in [0.05, 0.1) is 52.7 Å². The predicted octanol–water partition coefficient (Wildman–Crippen LogP) is 19.2. The van der Waals surface area contributed by atoms with Crippen LogP contribution in [-0.2, 0) is 46.7 Å². The molecule has 0 aliphatic heterocycles. The van der Waals surface area contributed by atoms with E-state index < -0.39 is 5.41 Å². The quantitative estimate of drug-likeness (QED) is 0.135. The molecule has 1 N–H and O–H groups in total. The molecule has 7 heterocycles. The van der Waals surface area contributed by atoms with Gasteiger partial charge in [-0.2, -0.15) is 0 Å². The van der Waals surface area contributed by atoms with E-state index in [0.717, 1.165) is 124 Å². The van der Waals surface area contributed by atoms with E-state index in [9.17, 15) is 14.3 Å². The van der Waals surface area contributed by atoms with E-state index in [-0.39, 0.29) is 63.6 Å². The van der Waals surface area contributed by atoms with Gasteiger partial charge in [-0.05, 0) is 187 Å². The van der Waals surface area contributed by atoms with Crippen LogP contribution in [0.1, 0.15) is 204 Å². The van der Waals surface area contributed by atoms with Crippen LogP contribution in [0.3, 0.4) is 0 Å². The molecule has 7 aromatic heterocycles. The highest BCUT2D eigenvalue weighted by Crippen LogP contribution is 2.58. The molecule has 0 spiro atoms. The number of rotatable bonds is 9. The van der Waals surface area contributed by atoms with E-state index in [1.54, 1.807) is 30.3 Å². The number of carbonyl (C=O) groups is 1. The van der Waals surface area contributed by atoms with Crippen molar-refractivity contribution in [3.63, 3.8) is 0 Å². The summed E-state index contributed by atoms with van der Waals surface area (Å²) in [6.07, 6.45) is 22.1. The number of benzene rings is 3. The second-order valence-corrected chi connectivity index (χ2v) is 31.4. The summed E-state index contributed by atoms with van der Waals surface area (Å²) in [7, 11) is 0. The lowest BCUT2D eigenvalue weighted by Crippen LogP contribution is -2.47. The molecular weight excluding hydrogens is 1290 g/mol. The summed E-state index contributed by atoms with van der Waals surface area (Å²) in [5.74, 6) is 5.03. The molecule has 9 aliphatic rings. The van der Waals surface area contributed by atoms with Gasteiger partial charge in [-0.1, -0.05) is 83.1 Å². The van der Waals surface area contributed by atoms with Crippen LogP contribution in [0.25, 0.3) is 72.8 Å². The normalized spacial score (nSPS) is 25.7. The molecule has 520 valence electrons. The number of pyridine rings is 3. The Labute approximate surface area is 598 Å². The molecule has 19 rings (SSSR count). The van der Waals surface area contributed by atoms with Gasteiger partial charge in [0.15, 0.2) is 17.5 Å². The van der Waals surface area contributed by atoms with Gasteiger partial charge in [-0.3, -0.25) is 19.7 Å². The highest BCUT2D eigenvalue weighted by Gasteiger charge is 2.54. The van der Waals surface area contributed by atoms with Crippen molar-refractivity contribution >= 4 is 5.78 Å². The number of allylic oxidation sites excluding steroid dienone is 2. The standard InChI is InChI=1S/2C29H27FN4O.C28H28FN3O/c1-16-22-11-10-21-25(20-5-3-4-6-23(20)30)33-28(18-9-12-24(31-14-18)17-7-8-17)34-27(21)29(22,2)13-19-15-32-35-26(16)19;1-16-21-12-11-20-25(19-6-4-5-7-22(19)30)33-28(18-10-13-23(32-15-18)17-8-9-17)34-27(20)29(21,2)14-24(31-3)26(16)35;1-16-21-11-10-20-25(19-5-3-4-6-22(19)29)31-27(18-9-12-23(30-15-18)17-7-8-17)32-26(20)28(21,2)14-13-24(16)33/h3-6,9,12,14-17,22H,7-8,10-11,13H2,1-2H3;4-7,10,13,15-17,21,35H,8-9,11-12,14H2,1-2H3;3-6,9,12,15-17,21H,7-8,10-11,13-14H2,1-2H3/t16-,22-,29-;16-,21-,29-;16-,21-,28-/m111/s1. The Morgan fingerprint density at radius 3 is 1.24 bits per heavy atom. The maximum absolute atomic E-state index is 15.1. The molecule has 9 atom stereocenters. The van der Waals surface area contributed by atoms with Gasteiger partial charge in [-0.25, -0.2) is 47.9 Å². The predicted molar refractivity (Wildman–Crippen MR) is 387 cm³/mol. The number of nitrogens with zero attached hydrogens (tertiary/aromatic N) is 11. The Kier molecular flexibility index (Phi) is 16.6. The monoisotopic (exact) mass is 1370 g/mol. The third-order valence-corrected chi connectivity index (χ3v) is 25.0. The summed E-state index contributed by atoms with van der Waals surface area (Å²) in [5.41, 5.74) is 16.0. The van der Waals surface area contributed by atoms with Crippen LogP contribution in [0.5, 0.6) is 0 Å². The Hall–Kier alpha value is -9.95. The summed E-state index contributed by atoms with van der Waals surface area (Å²) in [5, 5.41) is 14.8. The van der Waals surface area contributed by atoms with E-state index in [4.69, 9.17) is 46.0 Å². The average molecular weight is 1370 g/mol. The first-order chi connectivity index (χ1) is 49.9. The minimum Gasteiger partial charge on any atom is -0.523 e. The molecule has 0 saturated heterocycles. The second kappa shape index (κ2) is 25.8. The Balaban J connectivity index is 0.000000115. The average Bonchev–Trinajstić information content (AvgIpc) is 1.39. The van der Waals surface area contributed by atoms with Crippen molar-refractivity contribution in [3.8, 4) is 67.9 Å². The van der Waals surface area contributed by atoms with Crippen LogP contribution in [0, 0.1) is 53.6 Å². The van der Waals surface area contributed by atoms with Crippen LogP contribution < -0.4 is 0 Å². The molecule has 0 bridgehead atoms. The van der Waals surface area contributed by atoms with E-state index in [2.05, 4.69) is 72.8 Å². The minimum atomic E-state index is -0.460. The van der Waals surface area contributed by atoms with E-state index in [0.29, 0.717) is 106 Å². The summed E-state index contributed by atoms with van der Waals surface area (Å²) < 4.78 is 50.7. The van der Waals surface area contributed by atoms with Crippen molar-refractivity contribution in [3.05, 3.63) is 236 Å². The fraction of sp³-hybridized carbons (Fsp3) is 0.395. The third-order valence-electron chi connectivity index (χ3n) is 25.0. The lowest BCUT2D eigenvalue weighted by atomic mass is 9.56. The number of aliphatic hydroxyl groups is 1. The van der Waals surface area contributed by atoms with Crippen molar-refractivity contribution in [1.82, 2.24) is 50.0 Å². The van der Waals surface area contributed by atoms with Crippen molar-refractivity contribution in [2.45, 2.75) is 184 Å². The molecule has 4 saturated carbocycles. The maximum Gasteiger partial charge on any atom is 0.203 e. The summed E-state index contributed by atoms with van der Waals surface area (Å²) >= 11 is 0. The summed E-state index contributed by atoms with van der Waals surface area (Å²) in [6, 6.07) is 32.9. The number of aromatic nitrogens is 10. The number of carbonyl (C=O) groups excluding carboxylic acids is 1. The number of hydrogen-bond acceptors (Lipinski definition) is 13. The first kappa shape index (κ1) is 66.3. The van der Waals surface area contributed by atoms with Crippen LogP contribution >= 0.6 is 0 Å². The molecule has 3 aromatic carbocycles. The topological polar surface area (TPSA) is 184 Å². The van der Waals surface area contributed by atoms with Crippen molar-refractivity contribution in [2.75, 3.05) is 0 Å². The van der Waals surface area contributed by atoms with Gasteiger partial charge in [0.2, 0.25) is 5.70 Å². The zero-order valence-electron chi connectivity index (χ0n) is 59.0. The molecule has 0 radical (unpaired) electrons. The smallest absolute Gasteiger partial charge is 0.203 e. The zero-order chi connectivity index (χ0) is 70.8. The first-order valence-electron chi connectivity index (χ1n) is 37.0. The van der Waals surface area contributed by atoms with Gasteiger partial charge in [0.1, 0.15) is 29.0 Å². The van der Waals surface area contributed by atoms with E-state index in [1.807, 2.05) is 74.2 Å². The molecule has 4 fully saturated rings. The summed E-state index contributed by atoms with van der Waals surface area (Å²) in [4.78, 5) is 60.5. The summed E-state index contributed by atoms with van der Waals surface area (Å²) in [6.45, 7) is 20.6. The SMILES string of the molecule is C[C@H]1C(=O)CC[C@@]2(C)c3nc(-c4ccc(C5CC5)nc4)nc(-c4ccccc4F)c3CC[C@H]12.C[C@H]1c2oncc2C[C@@]2(C)c3nc(-c4ccc(C5CC5)nc4)nc(-c4ccccc4F)c3CC[C@H]12.[C-]#[N+]C1=C(O)[C@H](C)[C@H]2CCc3c(-c4ccccc4F)nc(-c4ccc(C5CC5)nc4)nc3[C@]2(C)C1. The van der Waals surface area contributed by atoms with Crippen molar-refractivity contribution < 1.29 is 27.6 Å². The highest BCUT2D eigenvalue weighted by molar-refractivity contribution is 5.83. The Morgan fingerprint density at radius 1 is 0.466 bits per heavy atom. The van der Waals surface area contributed by atoms with Gasteiger partial charge in [-0.15, -0.1) is 0 Å². The van der Waals surface area contributed by atoms with Gasteiger partial charge >= 0.3 is 0 Å². The molecule has 14 nitrogen and oxygen atoms in total. The van der Waals surface area contributed by atoms with Crippen molar-refractivity contribution in [2.24, 2.45) is 29.6 Å². The highest BCUT2D eigenvalue weighted by atomic mass is 19.1. The molecule has 0 unspecified atom stereocenters. The molecule has 103 heavy (non-hydrogen) atoms. The lowest BCUT2D eigenvalue weighted by molar-refractivity contribution is -0.128.